The lowest BCUT2D eigenvalue weighted by Crippen LogP contribution is -2.53. The molecule has 0 aliphatic rings. The van der Waals surface area contributed by atoms with Gasteiger partial charge >= 0.3 is 0 Å². The molecule has 5 nitrogen and oxygen atoms in total. The molecule has 2 atom stereocenters. The highest BCUT2D eigenvalue weighted by atomic mass is 35.5. The van der Waals surface area contributed by atoms with Gasteiger partial charge in [-0.15, -0.1) is 0 Å². The van der Waals surface area contributed by atoms with Crippen LogP contribution in [0.3, 0.4) is 0 Å². The summed E-state index contributed by atoms with van der Waals surface area (Å²) in [5.74, 6) is -0.0519. The molecule has 28 heavy (non-hydrogen) atoms. The third-order valence-corrected chi connectivity index (χ3v) is 4.70. The quantitative estimate of drug-likeness (QED) is 0.671. The highest BCUT2D eigenvalue weighted by molar-refractivity contribution is 6.30. The summed E-state index contributed by atoms with van der Waals surface area (Å²) in [7, 11) is 0. The predicted molar refractivity (Wildman–Crippen MR) is 112 cm³/mol. The Morgan fingerprint density at radius 2 is 1.75 bits per heavy atom. The Balaban J connectivity index is 2.13. The molecule has 150 valence electrons. The highest BCUT2D eigenvalue weighted by Crippen LogP contribution is 2.24. The van der Waals surface area contributed by atoms with Gasteiger partial charge in [-0.05, 0) is 50.1 Å². The second kappa shape index (κ2) is 10.1. The third-order valence-electron chi connectivity index (χ3n) is 4.45. The zero-order valence-corrected chi connectivity index (χ0v) is 17.3. The van der Waals surface area contributed by atoms with E-state index in [9.17, 15) is 9.59 Å². The molecular weight excluding hydrogens is 376 g/mol. The van der Waals surface area contributed by atoms with Crippen molar-refractivity contribution in [3.63, 3.8) is 0 Å². The molecule has 2 aromatic rings. The van der Waals surface area contributed by atoms with Crippen LogP contribution in [0, 0.1) is 0 Å². The lowest BCUT2D eigenvalue weighted by atomic mass is 9.95. The predicted octanol–water partition coefficient (Wildman–Crippen LogP) is 3.75. The van der Waals surface area contributed by atoms with E-state index in [1.165, 1.54) is 0 Å². The first kappa shape index (κ1) is 21.8. The fourth-order valence-electron chi connectivity index (χ4n) is 2.69. The van der Waals surface area contributed by atoms with Crippen molar-refractivity contribution in [2.75, 3.05) is 6.54 Å². The van der Waals surface area contributed by atoms with Gasteiger partial charge in [0.25, 0.3) is 5.91 Å². The molecule has 6 heteroatoms. The first-order chi connectivity index (χ1) is 13.3. The molecule has 0 aliphatic heterocycles. The van der Waals surface area contributed by atoms with Crippen LogP contribution in [-0.2, 0) is 16.0 Å². The Morgan fingerprint density at radius 3 is 2.36 bits per heavy atom. The van der Waals surface area contributed by atoms with Gasteiger partial charge in [-0.2, -0.15) is 0 Å². The van der Waals surface area contributed by atoms with Gasteiger partial charge in [0.1, 0.15) is 5.75 Å². The molecule has 0 radical (unpaired) electrons. The van der Waals surface area contributed by atoms with Crippen molar-refractivity contribution in [1.82, 2.24) is 10.6 Å². The van der Waals surface area contributed by atoms with Crippen LogP contribution in [-0.4, -0.2) is 30.0 Å². The van der Waals surface area contributed by atoms with Crippen LogP contribution in [0.15, 0.2) is 54.6 Å². The SMILES string of the molecule is CCC(C)NC(=O)CNC(=O)C(C)(Cc1ccccc1)Oc1ccc(Cl)cc1. The minimum Gasteiger partial charge on any atom is -0.477 e. The van der Waals surface area contributed by atoms with Crippen LogP contribution >= 0.6 is 11.6 Å². The average molecular weight is 403 g/mol. The molecule has 0 aliphatic carbocycles. The van der Waals surface area contributed by atoms with Gasteiger partial charge in [-0.25, -0.2) is 0 Å². The largest absolute Gasteiger partial charge is 0.477 e. The Hall–Kier alpha value is -2.53. The Morgan fingerprint density at radius 1 is 1.11 bits per heavy atom. The molecule has 0 saturated carbocycles. The minimum absolute atomic E-state index is 0.0606. The van der Waals surface area contributed by atoms with E-state index in [1.807, 2.05) is 44.2 Å². The molecule has 0 saturated heterocycles. The summed E-state index contributed by atoms with van der Waals surface area (Å²) in [5.41, 5.74) is -0.232. The summed E-state index contributed by atoms with van der Waals surface area (Å²) in [6, 6.07) is 16.5. The second-order valence-corrected chi connectivity index (χ2v) is 7.45. The molecule has 0 heterocycles. The standard InChI is InChI=1S/C22H27ClN2O3/c1-4-16(2)25-20(26)15-24-21(27)22(3,14-17-8-6-5-7-9-17)28-19-12-10-18(23)11-13-19/h5-13,16H,4,14-15H2,1-3H3,(H,24,27)(H,25,26). The molecule has 0 bridgehead atoms. The van der Waals surface area contributed by atoms with Gasteiger partial charge in [-0.1, -0.05) is 48.9 Å². The fraction of sp³-hybridized carbons (Fsp3) is 0.364. The Labute approximate surface area is 171 Å². The Bertz CT molecular complexity index is 780. The maximum atomic E-state index is 13.0. The number of nitrogens with one attached hydrogen (secondary N) is 2. The first-order valence-corrected chi connectivity index (χ1v) is 9.76. The van der Waals surface area contributed by atoms with Gasteiger partial charge in [0.2, 0.25) is 5.91 Å². The molecule has 0 fully saturated rings. The topological polar surface area (TPSA) is 67.4 Å². The third kappa shape index (κ3) is 6.57. The van der Waals surface area contributed by atoms with Crippen LogP contribution in [0.4, 0.5) is 0 Å². The number of rotatable bonds is 9. The summed E-state index contributed by atoms with van der Waals surface area (Å²) in [4.78, 5) is 25.0. The van der Waals surface area contributed by atoms with Crippen molar-refractivity contribution < 1.29 is 14.3 Å². The van der Waals surface area contributed by atoms with Crippen molar-refractivity contribution in [2.45, 2.75) is 45.3 Å². The molecule has 0 spiro atoms. The smallest absolute Gasteiger partial charge is 0.264 e. The van der Waals surface area contributed by atoms with Gasteiger partial charge < -0.3 is 15.4 Å². The van der Waals surface area contributed by atoms with Gasteiger partial charge in [0, 0.05) is 17.5 Å². The maximum Gasteiger partial charge on any atom is 0.264 e. The number of carbonyl (C=O) groups is 2. The fourth-order valence-corrected chi connectivity index (χ4v) is 2.81. The summed E-state index contributed by atoms with van der Waals surface area (Å²) < 4.78 is 6.05. The lowest BCUT2D eigenvalue weighted by Gasteiger charge is -2.30. The number of carbonyl (C=O) groups excluding carboxylic acids is 2. The van der Waals surface area contributed by atoms with Crippen molar-refractivity contribution in [3.8, 4) is 5.75 Å². The molecule has 2 aromatic carbocycles. The van der Waals surface area contributed by atoms with Crippen LogP contribution in [0.2, 0.25) is 5.02 Å². The number of hydrogen-bond donors (Lipinski definition) is 2. The maximum absolute atomic E-state index is 13.0. The molecule has 2 amide bonds. The lowest BCUT2D eigenvalue weighted by molar-refractivity contribution is -0.137. The monoisotopic (exact) mass is 402 g/mol. The van der Waals surface area contributed by atoms with Crippen molar-refractivity contribution in [3.05, 3.63) is 65.2 Å². The number of benzene rings is 2. The highest BCUT2D eigenvalue weighted by Gasteiger charge is 2.36. The number of halogens is 1. The molecule has 2 N–H and O–H groups in total. The molecule has 2 rings (SSSR count). The van der Waals surface area contributed by atoms with E-state index in [0.717, 1.165) is 12.0 Å². The second-order valence-electron chi connectivity index (χ2n) is 7.01. The van der Waals surface area contributed by atoms with E-state index in [-0.39, 0.29) is 24.4 Å². The van der Waals surface area contributed by atoms with Crippen molar-refractivity contribution in [2.24, 2.45) is 0 Å². The number of amides is 2. The van der Waals surface area contributed by atoms with E-state index in [4.69, 9.17) is 16.3 Å². The van der Waals surface area contributed by atoms with Crippen molar-refractivity contribution >= 4 is 23.4 Å². The average Bonchev–Trinajstić information content (AvgIpc) is 2.68. The van der Waals surface area contributed by atoms with Crippen LogP contribution in [0.25, 0.3) is 0 Å². The van der Waals surface area contributed by atoms with E-state index >= 15 is 0 Å². The number of hydrogen-bond acceptors (Lipinski definition) is 3. The van der Waals surface area contributed by atoms with Gasteiger partial charge in [0.15, 0.2) is 5.60 Å². The van der Waals surface area contributed by atoms with Crippen LogP contribution in [0.5, 0.6) is 5.75 Å². The van der Waals surface area contributed by atoms with Crippen LogP contribution in [0.1, 0.15) is 32.8 Å². The summed E-state index contributed by atoms with van der Waals surface area (Å²) in [5, 5.41) is 6.12. The minimum atomic E-state index is -1.19. The van der Waals surface area contributed by atoms with Gasteiger partial charge in [0.05, 0.1) is 6.54 Å². The zero-order valence-electron chi connectivity index (χ0n) is 16.5. The van der Waals surface area contributed by atoms with E-state index < -0.39 is 5.60 Å². The molecule has 0 aromatic heterocycles. The molecular formula is C22H27ClN2O3. The zero-order chi connectivity index (χ0) is 20.6. The summed E-state index contributed by atoms with van der Waals surface area (Å²) >= 11 is 5.93. The van der Waals surface area contributed by atoms with E-state index in [1.54, 1.807) is 31.2 Å². The van der Waals surface area contributed by atoms with E-state index in [0.29, 0.717) is 17.2 Å². The normalized spacial score (nSPS) is 13.9. The van der Waals surface area contributed by atoms with E-state index in [2.05, 4.69) is 10.6 Å². The summed E-state index contributed by atoms with van der Waals surface area (Å²) in [6.45, 7) is 5.53. The molecule has 2 unspecified atom stereocenters. The van der Waals surface area contributed by atoms with Crippen LogP contribution < -0.4 is 15.4 Å². The van der Waals surface area contributed by atoms with Crippen molar-refractivity contribution in [1.29, 1.82) is 0 Å². The first-order valence-electron chi connectivity index (χ1n) is 9.38. The van der Waals surface area contributed by atoms with Gasteiger partial charge in [-0.3, -0.25) is 9.59 Å². The Kier molecular flexibility index (Phi) is 7.88. The summed E-state index contributed by atoms with van der Waals surface area (Å²) in [6.07, 6.45) is 1.18. The number of ether oxygens (including phenoxy) is 1.